The van der Waals surface area contributed by atoms with Crippen molar-refractivity contribution in [3.63, 3.8) is 0 Å². The summed E-state index contributed by atoms with van der Waals surface area (Å²) >= 11 is 0. The molecule has 1 fully saturated rings. The van der Waals surface area contributed by atoms with Gasteiger partial charge < -0.3 is 10.2 Å². The van der Waals surface area contributed by atoms with Gasteiger partial charge in [0.15, 0.2) is 0 Å². The summed E-state index contributed by atoms with van der Waals surface area (Å²) in [5.74, 6) is 0.194. The fourth-order valence-corrected chi connectivity index (χ4v) is 2.42. The van der Waals surface area contributed by atoms with E-state index in [1.807, 2.05) is 17.8 Å². The molecule has 6 nitrogen and oxygen atoms in total. The quantitative estimate of drug-likeness (QED) is 0.874. The molecule has 2 amide bonds. The number of nitrogens with one attached hydrogen (secondary N) is 1. The number of carbonyl (C=O) groups excluding carboxylic acids is 2. The number of anilines is 1. The van der Waals surface area contributed by atoms with E-state index in [1.165, 1.54) is 0 Å². The van der Waals surface area contributed by atoms with E-state index < -0.39 is 0 Å². The van der Waals surface area contributed by atoms with Gasteiger partial charge in [-0.25, -0.2) is 0 Å². The van der Waals surface area contributed by atoms with Crippen LogP contribution in [0.1, 0.15) is 27.2 Å². The first-order valence-corrected chi connectivity index (χ1v) is 7.11. The van der Waals surface area contributed by atoms with Gasteiger partial charge in [-0.2, -0.15) is 5.10 Å². The molecule has 1 unspecified atom stereocenters. The molecule has 0 spiro atoms. The SMILES string of the molecule is CCNC(=O)C1CC(=O)N(c2cnn(CC(C)C)c2)C1. The van der Waals surface area contributed by atoms with Gasteiger partial charge in [0, 0.05) is 32.3 Å². The molecule has 0 aliphatic carbocycles. The van der Waals surface area contributed by atoms with Gasteiger partial charge in [0.05, 0.1) is 17.8 Å². The molecule has 1 aliphatic heterocycles. The Morgan fingerprint density at radius 1 is 1.55 bits per heavy atom. The first kappa shape index (κ1) is 14.6. The lowest BCUT2D eigenvalue weighted by Gasteiger charge is -2.14. The summed E-state index contributed by atoms with van der Waals surface area (Å²) in [6.07, 6.45) is 3.85. The number of nitrogens with zero attached hydrogens (tertiary/aromatic N) is 3. The predicted octanol–water partition coefficient (Wildman–Crippen LogP) is 1.03. The van der Waals surface area contributed by atoms with E-state index in [9.17, 15) is 9.59 Å². The molecule has 1 aromatic rings. The van der Waals surface area contributed by atoms with Crippen LogP contribution < -0.4 is 10.2 Å². The molecule has 110 valence electrons. The zero-order valence-corrected chi connectivity index (χ0v) is 12.3. The fourth-order valence-electron chi connectivity index (χ4n) is 2.42. The number of rotatable bonds is 5. The minimum Gasteiger partial charge on any atom is -0.356 e. The zero-order valence-electron chi connectivity index (χ0n) is 12.3. The lowest BCUT2D eigenvalue weighted by Crippen LogP contribution is -2.32. The Kier molecular flexibility index (Phi) is 4.42. The second-order valence-electron chi connectivity index (χ2n) is 5.61. The van der Waals surface area contributed by atoms with Gasteiger partial charge in [-0.3, -0.25) is 14.3 Å². The van der Waals surface area contributed by atoms with E-state index in [-0.39, 0.29) is 24.2 Å². The second kappa shape index (κ2) is 6.07. The highest BCUT2D eigenvalue weighted by Crippen LogP contribution is 2.24. The smallest absolute Gasteiger partial charge is 0.227 e. The van der Waals surface area contributed by atoms with Crippen molar-refractivity contribution in [1.29, 1.82) is 0 Å². The zero-order chi connectivity index (χ0) is 14.7. The Morgan fingerprint density at radius 3 is 2.95 bits per heavy atom. The highest BCUT2D eigenvalue weighted by Gasteiger charge is 2.35. The summed E-state index contributed by atoms with van der Waals surface area (Å²) < 4.78 is 1.84. The molecule has 2 rings (SSSR count). The molecule has 0 radical (unpaired) electrons. The van der Waals surface area contributed by atoms with Crippen molar-refractivity contribution in [3.8, 4) is 0 Å². The van der Waals surface area contributed by atoms with E-state index in [0.717, 1.165) is 12.2 Å². The molecule has 1 aliphatic rings. The highest BCUT2D eigenvalue weighted by atomic mass is 16.2. The monoisotopic (exact) mass is 278 g/mol. The summed E-state index contributed by atoms with van der Waals surface area (Å²) in [4.78, 5) is 25.5. The Morgan fingerprint density at radius 2 is 2.30 bits per heavy atom. The third-order valence-corrected chi connectivity index (χ3v) is 3.33. The van der Waals surface area contributed by atoms with Crippen LogP contribution in [0, 0.1) is 11.8 Å². The summed E-state index contributed by atoms with van der Waals surface area (Å²) in [5.41, 5.74) is 0.780. The van der Waals surface area contributed by atoms with Crippen LogP contribution in [0.25, 0.3) is 0 Å². The largest absolute Gasteiger partial charge is 0.356 e. The molecule has 6 heteroatoms. The van der Waals surface area contributed by atoms with E-state index in [0.29, 0.717) is 19.0 Å². The molecule has 1 aromatic heterocycles. The number of hydrogen-bond acceptors (Lipinski definition) is 3. The van der Waals surface area contributed by atoms with Crippen LogP contribution in [0.15, 0.2) is 12.4 Å². The molecular formula is C14H22N4O2. The van der Waals surface area contributed by atoms with Crippen LogP contribution in [0.4, 0.5) is 5.69 Å². The third kappa shape index (κ3) is 3.18. The van der Waals surface area contributed by atoms with Gasteiger partial charge >= 0.3 is 0 Å². The lowest BCUT2D eigenvalue weighted by atomic mass is 10.1. The minimum absolute atomic E-state index is 0.00894. The van der Waals surface area contributed by atoms with Crippen molar-refractivity contribution in [2.45, 2.75) is 33.7 Å². The van der Waals surface area contributed by atoms with Crippen LogP contribution in [0.3, 0.4) is 0 Å². The average molecular weight is 278 g/mol. The second-order valence-corrected chi connectivity index (χ2v) is 5.61. The average Bonchev–Trinajstić information content (AvgIpc) is 2.95. The van der Waals surface area contributed by atoms with Crippen molar-refractivity contribution >= 4 is 17.5 Å². The summed E-state index contributed by atoms with van der Waals surface area (Å²) in [6.45, 7) is 7.97. The maximum atomic E-state index is 12.0. The highest BCUT2D eigenvalue weighted by molar-refractivity contribution is 6.00. The molecular weight excluding hydrogens is 256 g/mol. The van der Waals surface area contributed by atoms with Crippen LogP contribution in [-0.2, 0) is 16.1 Å². The predicted molar refractivity (Wildman–Crippen MR) is 76.2 cm³/mol. The molecule has 1 saturated heterocycles. The Labute approximate surface area is 119 Å². The molecule has 1 N–H and O–H groups in total. The van der Waals surface area contributed by atoms with Crippen molar-refractivity contribution in [3.05, 3.63) is 12.4 Å². The number of hydrogen-bond donors (Lipinski definition) is 1. The first-order chi connectivity index (χ1) is 9.51. The summed E-state index contributed by atoms with van der Waals surface area (Å²) in [6, 6.07) is 0. The molecule has 0 aromatic carbocycles. The fraction of sp³-hybridized carbons (Fsp3) is 0.643. The van der Waals surface area contributed by atoms with Gasteiger partial charge in [0.2, 0.25) is 11.8 Å². The van der Waals surface area contributed by atoms with Crippen molar-refractivity contribution in [1.82, 2.24) is 15.1 Å². The maximum Gasteiger partial charge on any atom is 0.227 e. The van der Waals surface area contributed by atoms with Crippen LogP contribution in [0.2, 0.25) is 0 Å². The number of aromatic nitrogens is 2. The first-order valence-electron chi connectivity index (χ1n) is 7.11. The van der Waals surface area contributed by atoms with Gasteiger partial charge in [0.1, 0.15) is 0 Å². The van der Waals surface area contributed by atoms with Crippen LogP contribution in [-0.4, -0.2) is 34.7 Å². The Bertz CT molecular complexity index is 495. The van der Waals surface area contributed by atoms with E-state index >= 15 is 0 Å². The molecule has 0 saturated carbocycles. The number of carbonyl (C=O) groups is 2. The van der Waals surface area contributed by atoms with Gasteiger partial charge in [-0.05, 0) is 12.8 Å². The normalized spacial score (nSPS) is 18.9. The van der Waals surface area contributed by atoms with Gasteiger partial charge in [-0.1, -0.05) is 13.8 Å². The third-order valence-electron chi connectivity index (χ3n) is 3.33. The van der Waals surface area contributed by atoms with E-state index in [2.05, 4.69) is 24.3 Å². The molecule has 0 bridgehead atoms. The standard InChI is InChI=1S/C14H22N4O2/c1-4-15-14(20)11-5-13(19)18(8-11)12-6-16-17(9-12)7-10(2)3/h6,9-11H,4-5,7-8H2,1-3H3,(H,15,20). The lowest BCUT2D eigenvalue weighted by molar-refractivity contribution is -0.126. The summed E-state index contributed by atoms with van der Waals surface area (Å²) in [7, 11) is 0. The molecule has 20 heavy (non-hydrogen) atoms. The van der Waals surface area contributed by atoms with Gasteiger partial charge in [-0.15, -0.1) is 0 Å². The maximum absolute atomic E-state index is 12.0. The molecule has 2 heterocycles. The Hall–Kier alpha value is -1.85. The van der Waals surface area contributed by atoms with Crippen molar-refractivity contribution in [2.24, 2.45) is 11.8 Å². The van der Waals surface area contributed by atoms with Gasteiger partial charge in [0.25, 0.3) is 0 Å². The van der Waals surface area contributed by atoms with E-state index in [1.54, 1.807) is 11.1 Å². The Balaban J connectivity index is 2.04. The van der Waals surface area contributed by atoms with Crippen LogP contribution in [0.5, 0.6) is 0 Å². The van der Waals surface area contributed by atoms with E-state index in [4.69, 9.17) is 0 Å². The van der Waals surface area contributed by atoms with Crippen LogP contribution >= 0.6 is 0 Å². The van der Waals surface area contributed by atoms with Crippen molar-refractivity contribution in [2.75, 3.05) is 18.0 Å². The number of amides is 2. The minimum atomic E-state index is -0.254. The summed E-state index contributed by atoms with van der Waals surface area (Å²) in [5, 5.41) is 7.04. The topological polar surface area (TPSA) is 67.2 Å². The van der Waals surface area contributed by atoms with Crippen molar-refractivity contribution < 1.29 is 9.59 Å². The molecule has 1 atom stereocenters.